The molecule has 1 aliphatic heterocycles. The Morgan fingerprint density at radius 2 is 1.81 bits per heavy atom. The topological polar surface area (TPSA) is 88.1 Å². The molecule has 1 fully saturated rings. The molecule has 7 nitrogen and oxygen atoms in total. The molecule has 2 aromatic carbocycles. The Hall–Kier alpha value is -3.20. The number of urea groups is 1. The maximum absolute atomic E-state index is 12.9. The molecule has 166 valence electrons. The van der Waals surface area contributed by atoms with Gasteiger partial charge in [0.1, 0.15) is 29.7 Å². The highest BCUT2D eigenvalue weighted by atomic mass is 19.3. The van der Waals surface area contributed by atoms with Crippen molar-refractivity contribution in [1.82, 2.24) is 10.2 Å². The van der Waals surface area contributed by atoms with Crippen molar-refractivity contribution in [2.45, 2.75) is 39.0 Å². The number of aryl methyl sites for hydroxylation is 2. The second kappa shape index (κ2) is 8.89. The lowest BCUT2D eigenvalue weighted by atomic mass is 9.92. The minimum absolute atomic E-state index is 0.0602. The number of rotatable bonds is 8. The van der Waals surface area contributed by atoms with Gasteiger partial charge in [-0.3, -0.25) is 9.69 Å². The van der Waals surface area contributed by atoms with Gasteiger partial charge in [-0.25, -0.2) is 4.79 Å². The van der Waals surface area contributed by atoms with Crippen LogP contribution in [-0.4, -0.2) is 47.8 Å². The molecule has 2 aromatic rings. The molecule has 0 aromatic heterocycles. The first kappa shape index (κ1) is 22.5. The SMILES string of the molecule is Cc1ccc(C)c(OCC(O)CN2C(=O)NC(C)(c3ccc(OC(F)F)cc3)C2=O)c1. The maximum Gasteiger partial charge on any atom is 0.387 e. The summed E-state index contributed by atoms with van der Waals surface area (Å²) in [4.78, 5) is 26.3. The molecule has 9 heteroatoms. The van der Waals surface area contributed by atoms with Crippen LogP contribution in [0.1, 0.15) is 23.6 Å². The molecule has 0 bridgehead atoms. The third-order valence-electron chi connectivity index (χ3n) is 5.10. The summed E-state index contributed by atoms with van der Waals surface area (Å²) in [5.41, 5.74) is 0.911. The molecule has 2 N–H and O–H groups in total. The molecule has 1 heterocycles. The Morgan fingerprint density at radius 3 is 2.45 bits per heavy atom. The van der Waals surface area contributed by atoms with Crippen LogP contribution in [0.2, 0.25) is 0 Å². The molecule has 0 aliphatic carbocycles. The van der Waals surface area contributed by atoms with E-state index in [-0.39, 0.29) is 18.9 Å². The highest BCUT2D eigenvalue weighted by Gasteiger charge is 2.49. The summed E-state index contributed by atoms with van der Waals surface area (Å²) in [6.45, 7) is 1.99. The zero-order chi connectivity index (χ0) is 22.8. The fraction of sp³-hybridized carbons (Fsp3) is 0.364. The minimum Gasteiger partial charge on any atom is -0.491 e. The van der Waals surface area contributed by atoms with Crippen molar-refractivity contribution in [3.8, 4) is 11.5 Å². The van der Waals surface area contributed by atoms with Crippen molar-refractivity contribution in [2.75, 3.05) is 13.2 Å². The van der Waals surface area contributed by atoms with Crippen molar-refractivity contribution in [1.29, 1.82) is 0 Å². The number of halogens is 2. The lowest BCUT2D eigenvalue weighted by Gasteiger charge is -2.23. The number of nitrogens with zero attached hydrogens (tertiary/aromatic N) is 1. The highest BCUT2D eigenvalue weighted by Crippen LogP contribution is 2.30. The van der Waals surface area contributed by atoms with Gasteiger partial charge in [-0.05, 0) is 55.7 Å². The number of imide groups is 1. The molecule has 1 saturated heterocycles. The summed E-state index contributed by atoms with van der Waals surface area (Å²) in [6, 6.07) is 10.5. The van der Waals surface area contributed by atoms with Crippen molar-refractivity contribution >= 4 is 11.9 Å². The van der Waals surface area contributed by atoms with Crippen LogP contribution < -0.4 is 14.8 Å². The van der Waals surface area contributed by atoms with Gasteiger partial charge < -0.3 is 19.9 Å². The van der Waals surface area contributed by atoms with Gasteiger partial charge in [0.15, 0.2) is 0 Å². The maximum atomic E-state index is 12.9. The minimum atomic E-state index is -2.96. The number of aliphatic hydroxyl groups excluding tert-OH is 1. The molecular formula is C22H24F2N2O5. The van der Waals surface area contributed by atoms with Gasteiger partial charge in [0.25, 0.3) is 5.91 Å². The van der Waals surface area contributed by atoms with E-state index in [4.69, 9.17) is 4.74 Å². The normalized spacial score (nSPS) is 19.5. The molecule has 31 heavy (non-hydrogen) atoms. The van der Waals surface area contributed by atoms with Gasteiger partial charge in [0.05, 0.1) is 6.54 Å². The van der Waals surface area contributed by atoms with Crippen molar-refractivity contribution < 1.29 is 33.0 Å². The van der Waals surface area contributed by atoms with Gasteiger partial charge in [-0.1, -0.05) is 24.3 Å². The Balaban J connectivity index is 1.65. The number of benzene rings is 2. The van der Waals surface area contributed by atoms with Gasteiger partial charge >= 0.3 is 12.6 Å². The van der Waals surface area contributed by atoms with Crippen LogP contribution in [0.5, 0.6) is 11.5 Å². The number of β-amino-alcohol motifs (C(OH)–C–C–N with tert-alkyl or cyclic N) is 1. The lowest BCUT2D eigenvalue weighted by molar-refractivity contribution is -0.132. The van der Waals surface area contributed by atoms with Crippen LogP contribution in [-0.2, 0) is 10.3 Å². The molecular weight excluding hydrogens is 410 g/mol. The fourth-order valence-electron chi connectivity index (χ4n) is 3.34. The number of ether oxygens (including phenoxy) is 2. The summed E-state index contributed by atoms with van der Waals surface area (Å²) in [5.74, 6) is -0.00648. The average molecular weight is 434 g/mol. The van der Waals surface area contributed by atoms with E-state index in [1.807, 2.05) is 32.0 Å². The third kappa shape index (κ3) is 4.93. The number of alkyl halides is 2. The second-order valence-electron chi connectivity index (χ2n) is 7.61. The van der Waals surface area contributed by atoms with E-state index in [9.17, 15) is 23.5 Å². The predicted octanol–water partition coefficient (Wildman–Crippen LogP) is 3.11. The summed E-state index contributed by atoms with van der Waals surface area (Å²) in [5, 5.41) is 12.9. The summed E-state index contributed by atoms with van der Waals surface area (Å²) in [6.07, 6.45) is -1.10. The van der Waals surface area contributed by atoms with Gasteiger partial charge in [-0.15, -0.1) is 0 Å². The lowest BCUT2D eigenvalue weighted by Crippen LogP contribution is -2.42. The number of carbonyl (C=O) groups excluding carboxylic acids is 2. The zero-order valence-corrected chi connectivity index (χ0v) is 17.4. The van der Waals surface area contributed by atoms with Crippen LogP contribution >= 0.6 is 0 Å². The molecule has 3 rings (SSSR count). The standard InChI is InChI=1S/C22H24F2N2O5/c1-13-4-5-14(2)18(10-13)30-12-16(27)11-26-19(28)22(3,25-21(26)29)15-6-8-17(9-7-15)31-20(23)24/h4-10,16,20,27H,11-12H2,1-3H3,(H,25,29). The molecule has 1 aliphatic rings. The molecule has 3 amide bonds. The van der Waals surface area contributed by atoms with Crippen LogP contribution in [0.4, 0.5) is 13.6 Å². The van der Waals surface area contributed by atoms with Crippen molar-refractivity contribution in [2.24, 2.45) is 0 Å². The van der Waals surface area contributed by atoms with Gasteiger partial charge in [0, 0.05) is 0 Å². The van der Waals surface area contributed by atoms with Gasteiger partial charge in [-0.2, -0.15) is 8.78 Å². The summed E-state index contributed by atoms with van der Waals surface area (Å²) >= 11 is 0. The molecule has 0 radical (unpaired) electrons. The van der Waals surface area contributed by atoms with Crippen LogP contribution in [0.15, 0.2) is 42.5 Å². The number of hydrogen-bond donors (Lipinski definition) is 2. The van der Waals surface area contributed by atoms with Crippen LogP contribution in [0.3, 0.4) is 0 Å². The van der Waals surface area contributed by atoms with E-state index >= 15 is 0 Å². The summed E-state index contributed by atoms with van der Waals surface area (Å²) in [7, 11) is 0. The smallest absolute Gasteiger partial charge is 0.387 e. The molecule has 2 unspecified atom stereocenters. The van der Waals surface area contributed by atoms with E-state index < -0.39 is 30.2 Å². The number of nitrogens with one attached hydrogen (secondary N) is 1. The Morgan fingerprint density at radius 1 is 1.13 bits per heavy atom. The quantitative estimate of drug-likeness (QED) is 0.624. The summed E-state index contributed by atoms with van der Waals surface area (Å²) < 4.78 is 34.6. The molecule has 0 saturated carbocycles. The first-order valence-electron chi connectivity index (χ1n) is 9.67. The second-order valence-corrected chi connectivity index (χ2v) is 7.61. The Bertz CT molecular complexity index is 967. The van der Waals surface area contributed by atoms with Crippen LogP contribution in [0.25, 0.3) is 0 Å². The predicted molar refractivity (Wildman–Crippen MR) is 108 cm³/mol. The fourth-order valence-corrected chi connectivity index (χ4v) is 3.34. The number of hydrogen-bond acceptors (Lipinski definition) is 5. The number of carbonyl (C=O) groups is 2. The molecule has 0 spiro atoms. The van der Waals surface area contributed by atoms with Crippen molar-refractivity contribution in [3.63, 3.8) is 0 Å². The number of amides is 3. The Kier molecular flexibility index (Phi) is 6.45. The largest absolute Gasteiger partial charge is 0.491 e. The molecule has 2 atom stereocenters. The van der Waals surface area contributed by atoms with E-state index in [1.165, 1.54) is 31.2 Å². The zero-order valence-electron chi connectivity index (χ0n) is 17.4. The first-order valence-corrected chi connectivity index (χ1v) is 9.67. The van der Waals surface area contributed by atoms with Crippen molar-refractivity contribution in [3.05, 3.63) is 59.2 Å². The van der Waals surface area contributed by atoms with E-state index in [2.05, 4.69) is 10.1 Å². The van der Waals surface area contributed by atoms with Gasteiger partial charge in [0.2, 0.25) is 0 Å². The number of aliphatic hydroxyl groups is 1. The van der Waals surface area contributed by atoms with E-state index in [0.29, 0.717) is 11.3 Å². The monoisotopic (exact) mass is 434 g/mol. The van der Waals surface area contributed by atoms with E-state index in [0.717, 1.165) is 16.0 Å². The third-order valence-corrected chi connectivity index (χ3v) is 5.10. The highest BCUT2D eigenvalue weighted by molar-refractivity contribution is 6.07. The van der Waals surface area contributed by atoms with Crippen LogP contribution in [0, 0.1) is 13.8 Å². The Labute approximate surface area is 178 Å². The first-order chi connectivity index (χ1) is 14.6. The van der Waals surface area contributed by atoms with E-state index in [1.54, 1.807) is 0 Å². The average Bonchev–Trinajstić information content (AvgIpc) is 2.92.